The van der Waals surface area contributed by atoms with Crippen LogP contribution in [-0.4, -0.2) is 59.1 Å². The van der Waals surface area contributed by atoms with Crippen molar-refractivity contribution in [2.75, 3.05) is 31.5 Å². The molecule has 1 amide bonds. The number of halogens is 1. The van der Waals surface area contributed by atoms with Gasteiger partial charge in [0.2, 0.25) is 5.91 Å². The standard InChI is InChI=1S/C43H62BrN3O3S/c1-27-15-20-43(37(49)46-23-25-47(26-24-46)38(51)45-31-11-9-30(44)10-12-31)22-21-41(7)32(36(43)28(27)2)13-14-34-40(6)18-17-35(50-29(3)48)39(4,5)33(40)16-19-42(34,41)8/h9-13,27-28,33-36H,14-26H2,1-8H3,(H,45,51)/t27-,28+,33+,34-,35+,36+,40+,41-,42-,43+/m1/s1. The number of carbonyl (C=O) groups excluding carboxylic acids is 2. The van der Waals surface area contributed by atoms with Gasteiger partial charge >= 0.3 is 5.97 Å². The fourth-order valence-corrected chi connectivity index (χ4v) is 14.0. The second kappa shape index (κ2) is 13.1. The zero-order valence-corrected chi connectivity index (χ0v) is 34.9. The van der Waals surface area contributed by atoms with E-state index in [1.165, 1.54) is 12.8 Å². The summed E-state index contributed by atoms with van der Waals surface area (Å²) < 4.78 is 7.02. The smallest absolute Gasteiger partial charge is 0.302 e. The summed E-state index contributed by atoms with van der Waals surface area (Å²) >= 11 is 9.33. The third-order valence-corrected chi connectivity index (χ3v) is 17.5. The number of anilines is 1. The van der Waals surface area contributed by atoms with Gasteiger partial charge in [-0.2, -0.15) is 0 Å². The molecule has 4 saturated carbocycles. The monoisotopic (exact) mass is 779 g/mol. The summed E-state index contributed by atoms with van der Waals surface area (Å²) in [5, 5.41) is 4.13. The van der Waals surface area contributed by atoms with Crippen LogP contribution in [0.2, 0.25) is 0 Å². The molecule has 6 aliphatic rings. The van der Waals surface area contributed by atoms with E-state index in [0.717, 1.165) is 86.4 Å². The van der Waals surface area contributed by atoms with Crippen LogP contribution in [0.25, 0.3) is 0 Å². The van der Waals surface area contributed by atoms with E-state index in [-0.39, 0.29) is 39.1 Å². The van der Waals surface area contributed by atoms with Crippen molar-refractivity contribution in [3.05, 3.63) is 40.4 Å². The van der Waals surface area contributed by atoms with Gasteiger partial charge in [-0.1, -0.05) is 76.0 Å². The normalized spacial score (nSPS) is 41.5. The number of piperazine rings is 1. The summed E-state index contributed by atoms with van der Waals surface area (Å²) in [6.45, 7) is 22.0. The molecule has 1 heterocycles. The summed E-state index contributed by atoms with van der Waals surface area (Å²) in [5.41, 5.74) is 2.69. The van der Waals surface area contributed by atoms with Gasteiger partial charge < -0.3 is 19.9 Å². The average molecular weight is 781 g/mol. The van der Waals surface area contributed by atoms with Crippen LogP contribution < -0.4 is 5.32 Å². The van der Waals surface area contributed by atoms with Gasteiger partial charge in [0.1, 0.15) is 6.10 Å². The van der Waals surface area contributed by atoms with Gasteiger partial charge in [0.15, 0.2) is 5.11 Å². The third-order valence-electron chi connectivity index (χ3n) is 16.6. The molecule has 0 radical (unpaired) electrons. The zero-order valence-electron chi connectivity index (χ0n) is 32.4. The molecular weight excluding hydrogens is 718 g/mol. The van der Waals surface area contributed by atoms with Crippen LogP contribution in [0.3, 0.4) is 0 Å². The minimum atomic E-state index is -0.315. The van der Waals surface area contributed by atoms with Crippen molar-refractivity contribution in [2.45, 2.75) is 119 Å². The topological polar surface area (TPSA) is 61.9 Å². The van der Waals surface area contributed by atoms with E-state index < -0.39 is 0 Å². The number of nitrogens with one attached hydrogen (secondary N) is 1. The fourth-order valence-electron chi connectivity index (χ4n) is 13.4. The number of hydrogen-bond acceptors (Lipinski definition) is 4. The van der Waals surface area contributed by atoms with Gasteiger partial charge in [-0.3, -0.25) is 9.59 Å². The SMILES string of the molecule is CC(=O)O[C@H]1CC[C@]2(C)[C@H]3CC=C4[C@@H]5[C@@H](C)[C@H](C)CC[C@]5(C(=O)N5CCN(C(=S)Nc6ccc(Br)cc6)CC5)CC[C@@]4(C)[C@]3(C)CC[C@H]2C1(C)C. The number of amides is 1. The van der Waals surface area contributed by atoms with Crippen LogP contribution in [-0.2, 0) is 14.3 Å². The zero-order chi connectivity index (χ0) is 36.7. The van der Waals surface area contributed by atoms with Crippen LogP contribution >= 0.6 is 28.1 Å². The van der Waals surface area contributed by atoms with E-state index in [0.29, 0.717) is 35.5 Å². The quantitative estimate of drug-likeness (QED) is 0.187. The first-order valence-electron chi connectivity index (χ1n) is 20.0. The molecule has 5 fully saturated rings. The summed E-state index contributed by atoms with van der Waals surface area (Å²) in [6.07, 6.45) is 12.5. The van der Waals surface area contributed by atoms with Crippen molar-refractivity contribution in [3.8, 4) is 0 Å². The molecule has 8 heteroatoms. The molecule has 0 spiro atoms. The molecule has 6 nitrogen and oxygen atoms in total. The molecule has 1 aromatic carbocycles. The highest BCUT2D eigenvalue weighted by Gasteiger charge is 2.70. The van der Waals surface area contributed by atoms with E-state index in [9.17, 15) is 4.79 Å². The van der Waals surface area contributed by atoms with Crippen LogP contribution in [0, 0.1) is 56.7 Å². The van der Waals surface area contributed by atoms with Crippen LogP contribution in [0.5, 0.6) is 0 Å². The number of hydrogen-bond donors (Lipinski definition) is 1. The van der Waals surface area contributed by atoms with Crippen molar-refractivity contribution in [3.63, 3.8) is 0 Å². The van der Waals surface area contributed by atoms with Gasteiger partial charge in [-0.05, 0) is 140 Å². The van der Waals surface area contributed by atoms with Crippen LogP contribution in [0.4, 0.5) is 5.69 Å². The predicted molar refractivity (Wildman–Crippen MR) is 213 cm³/mol. The lowest BCUT2D eigenvalue weighted by Crippen LogP contribution is -2.66. The maximum atomic E-state index is 15.1. The molecule has 0 bridgehead atoms. The van der Waals surface area contributed by atoms with Gasteiger partial charge in [-0.25, -0.2) is 0 Å². The largest absolute Gasteiger partial charge is 0.462 e. The van der Waals surface area contributed by atoms with E-state index in [1.54, 1.807) is 12.5 Å². The number of benzene rings is 1. The molecule has 1 aliphatic heterocycles. The Morgan fingerprint density at radius 3 is 2.20 bits per heavy atom. The number of allylic oxidation sites excluding steroid dienone is 2. The Morgan fingerprint density at radius 2 is 1.53 bits per heavy atom. The summed E-state index contributed by atoms with van der Waals surface area (Å²) in [4.78, 5) is 31.6. The highest BCUT2D eigenvalue weighted by Crippen LogP contribution is 2.76. The molecule has 51 heavy (non-hydrogen) atoms. The number of esters is 1. The Labute approximate surface area is 321 Å². The number of carbonyl (C=O) groups is 2. The van der Waals surface area contributed by atoms with Gasteiger partial charge in [0.05, 0.1) is 5.41 Å². The second-order valence-electron chi connectivity index (χ2n) is 19.0. The minimum absolute atomic E-state index is 0.00572. The molecule has 1 aromatic rings. The molecule has 0 unspecified atom stereocenters. The lowest BCUT2D eigenvalue weighted by atomic mass is 9.33. The highest BCUT2D eigenvalue weighted by atomic mass is 79.9. The highest BCUT2D eigenvalue weighted by molar-refractivity contribution is 9.10. The molecule has 0 aromatic heterocycles. The molecule has 7 rings (SSSR count). The average Bonchev–Trinajstić information content (AvgIpc) is 3.08. The Balaban J connectivity index is 1.14. The first kappa shape index (κ1) is 37.4. The van der Waals surface area contributed by atoms with Crippen LogP contribution in [0.1, 0.15) is 113 Å². The molecular formula is C43H62BrN3O3S. The maximum Gasteiger partial charge on any atom is 0.302 e. The summed E-state index contributed by atoms with van der Waals surface area (Å²) in [6, 6.07) is 8.10. The van der Waals surface area contributed by atoms with Crippen molar-refractivity contribution in [1.29, 1.82) is 0 Å². The predicted octanol–water partition coefficient (Wildman–Crippen LogP) is 9.88. The Kier molecular flexibility index (Phi) is 9.62. The van der Waals surface area contributed by atoms with E-state index in [2.05, 4.69) is 85.6 Å². The summed E-state index contributed by atoms with van der Waals surface area (Å²) in [5.74, 6) is 2.74. The molecule has 10 atom stereocenters. The third kappa shape index (κ3) is 5.76. The van der Waals surface area contributed by atoms with Gasteiger partial charge in [0.25, 0.3) is 0 Å². The number of nitrogens with zero attached hydrogens (tertiary/aromatic N) is 2. The molecule has 1 N–H and O–H groups in total. The number of fused-ring (bicyclic) bond motifs is 7. The minimum Gasteiger partial charge on any atom is -0.462 e. The fraction of sp³-hybridized carbons (Fsp3) is 0.744. The van der Waals surface area contributed by atoms with Crippen LogP contribution in [0.15, 0.2) is 40.4 Å². The first-order valence-corrected chi connectivity index (χ1v) is 21.2. The lowest BCUT2D eigenvalue weighted by Gasteiger charge is -2.71. The van der Waals surface area contributed by atoms with Gasteiger partial charge in [0, 0.05) is 48.7 Å². The molecule has 1 saturated heterocycles. The van der Waals surface area contributed by atoms with E-state index >= 15 is 4.79 Å². The van der Waals surface area contributed by atoms with Crippen molar-refractivity contribution >= 4 is 50.8 Å². The summed E-state index contributed by atoms with van der Waals surface area (Å²) in [7, 11) is 0. The lowest BCUT2D eigenvalue weighted by molar-refractivity contribution is -0.213. The molecule has 5 aliphatic carbocycles. The van der Waals surface area contributed by atoms with Crippen molar-refractivity contribution in [2.24, 2.45) is 56.7 Å². The maximum absolute atomic E-state index is 15.1. The number of rotatable bonds is 3. The Bertz CT molecular complexity index is 1590. The Morgan fingerprint density at radius 1 is 0.863 bits per heavy atom. The van der Waals surface area contributed by atoms with E-state index in [1.807, 2.05) is 24.3 Å². The Hall–Kier alpha value is -1.93. The first-order chi connectivity index (χ1) is 24.0. The van der Waals surface area contributed by atoms with Gasteiger partial charge in [-0.15, -0.1) is 0 Å². The van der Waals surface area contributed by atoms with Crippen molar-refractivity contribution < 1.29 is 14.3 Å². The van der Waals surface area contributed by atoms with Crippen molar-refractivity contribution in [1.82, 2.24) is 9.80 Å². The molecule has 280 valence electrons. The number of ether oxygens (including phenoxy) is 1. The number of thiocarbonyl (C=S) groups is 1. The second-order valence-corrected chi connectivity index (χ2v) is 20.3. The van der Waals surface area contributed by atoms with E-state index in [4.69, 9.17) is 17.0 Å².